The summed E-state index contributed by atoms with van der Waals surface area (Å²) in [6, 6.07) is 9.44. The summed E-state index contributed by atoms with van der Waals surface area (Å²) in [4.78, 5) is 20.6. The molecule has 0 saturated carbocycles. The third-order valence-corrected chi connectivity index (χ3v) is 3.65. The first-order valence-corrected chi connectivity index (χ1v) is 8.20. The Morgan fingerprint density at radius 2 is 1.70 bits per heavy atom. The Labute approximate surface area is 156 Å². The quantitative estimate of drug-likeness (QED) is 0.513. The van der Waals surface area contributed by atoms with Crippen molar-refractivity contribution < 1.29 is 9.66 Å². The number of ether oxygens (including phenoxy) is 1. The molecule has 0 bridgehead atoms. The van der Waals surface area contributed by atoms with Gasteiger partial charge in [-0.05, 0) is 37.1 Å². The van der Waals surface area contributed by atoms with Crippen LogP contribution >= 0.6 is 0 Å². The zero-order valence-corrected chi connectivity index (χ0v) is 15.0. The van der Waals surface area contributed by atoms with E-state index >= 15 is 0 Å². The minimum absolute atomic E-state index is 0.0277. The van der Waals surface area contributed by atoms with E-state index in [1.165, 1.54) is 11.2 Å². The van der Waals surface area contributed by atoms with Gasteiger partial charge in [0.1, 0.15) is 12.1 Å². The molecule has 0 N–H and O–H groups in total. The highest BCUT2D eigenvalue weighted by Gasteiger charge is 2.28. The van der Waals surface area contributed by atoms with Gasteiger partial charge in [0, 0.05) is 13.1 Å². The van der Waals surface area contributed by atoms with Crippen LogP contribution in [-0.4, -0.2) is 28.0 Å². The number of hydrogen-bond acceptors (Lipinski definition) is 8. The lowest BCUT2D eigenvalue weighted by atomic mass is 10.1. The SMILES string of the molecule is Cc1cc(C)cc(Oc2ncnc(N(CCC#N)CCC#N)c2[N+](=O)[O-])c1. The third kappa shape index (κ3) is 5.13. The Bertz CT molecular complexity index is 878. The van der Waals surface area contributed by atoms with E-state index in [9.17, 15) is 10.1 Å². The molecule has 0 aliphatic rings. The van der Waals surface area contributed by atoms with Crippen molar-refractivity contribution in [1.29, 1.82) is 10.5 Å². The molecular formula is C18H18N6O3. The summed E-state index contributed by atoms with van der Waals surface area (Å²) in [6.45, 7) is 4.20. The highest BCUT2D eigenvalue weighted by Crippen LogP contribution is 2.36. The Kier molecular flexibility index (Phi) is 6.61. The van der Waals surface area contributed by atoms with Gasteiger partial charge in [0.15, 0.2) is 0 Å². The number of aryl methyl sites for hydroxylation is 2. The smallest absolute Gasteiger partial charge is 0.373 e. The Morgan fingerprint density at radius 3 is 2.22 bits per heavy atom. The van der Waals surface area contributed by atoms with Gasteiger partial charge in [0.05, 0.1) is 29.9 Å². The van der Waals surface area contributed by atoms with Crippen LogP contribution in [0.5, 0.6) is 11.6 Å². The predicted molar refractivity (Wildman–Crippen MR) is 97.3 cm³/mol. The molecule has 2 aromatic rings. The largest absolute Gasteiger partial charge is 0.434 e. The van der Waals surface area contributed by atoms with Crippen molar-refractivity contribution in [2.75, 3.05) is 18.0 Å². The lowest BCUT2D eigenvalue weighted by molar-refractivity contribution is -0.385. The standard InChI is InChI=1S/C18H18N6O3/c1-13-9-14(2)11-15(10-13)27-18-16(24(25)26)17(21-12-22-18)23(7-3-5-19)8-4-6-20/h9-12H,3-4,7-8H2,1-2H3. The first kappa shape index (κ1) is 19.6. The molecule has 0 unspecified atom stereocenters. The van der Waals surface area contributed by atoms with Crippen molar-refractivity contribution in [2.24, 2.45) is 0 Å². The van der Waals surface area contributed by atoms with E-state index in [0.717, 1.165) is 11.1 Å². The molecule has 27 heavy (non-hydrogen) atoms. The van der Waals surface area contributed by atoms with Gasteiger partial charge in [-0.15, -0.1) is 0 Å². The minimum Gasteiger partial charge on any atom is -0.434 e. The zero-order valence-electron chi connectivity index (χ0n) is 15.0. The number of benzene rings is 1. The molecule has 0 amide bonds. The summed E-state index contributed by atoms with van der Waals surface area (Å²) in [7, 11) is 0. The Morgan fingerprint density at radius 1 is 1.11 bits per heavy atom. The highest BCUT2D eigenvalue weighted by molar-refractivity contribution is 5.63. The van der Waals surface area contributed by atoms with Gasteiger partial charge in [0.25, 0.3) is 0 Å². The molecule has 1 aromatic carbocycles. The molecule has 9 nitrogen and oxygen atoms in total. The van der Waals surface area contributed by atoms with Crippen molar-refractivity contribution in [3.63, 3.8) is 0 Å². The maximum atomic E-state index is 11.7. The highest BCUT2D eigenvalue weighted by atomic mass is 16.6. The number of hydrogen-bond donors (Lipinski definition) is 0. The molecule has 9 heteroatoms. The Hall–Kier alpha value is -3.72. The first-order chi connectivity index (χ1) is 13.0. The van der Waals surface area contributed by atoms with Crippen LogP contribution in [0.4, 0.5) is 11.5 Å². The first-order valence-electron chi connectivity index (χ1n) is 8.20. The van der Waals surface area contributed by atoms with E-state index < -0.39 is 10.6 Å². The molecule has 0 aliphatic carbocycles. The topological polar surface area (TPSA) is 129 Å². The number of nitro groups is 1. The van der Waals surface area contributed by atoms with Gasteiger partial charge in [-0.2, -0.15) is 15.5 Å². The number of anilines is 1. The van der Waals surface area contributed by atoms with Crippen LogP contribution in [0.2, 0.25) is 0 Å². The lowest BCUT2D eigenvalue weighted by Gasteiger charge is -2.21. The lowest BCUT2D eigenvalue weighted by Crippen LogP contribution is -2.27. The van der Waals surface area contributed by atoms with E-state index in [0.29, 0.717) is 5.75 Å². The second kappa shape index (κ2) is 9.11. The van der Waals surface area contributed by atoms with Crippen LogP contribution < -0.4 is 9.64 Å². The van der Waals surface area contributed by atoms with Gasteiger partial charge in [-0.1, -0.05) is 6.07 Å². The van der Waals surface area contributed by atoms with E-state index in [-0.39, 0.29) is 37.6 Å². The fourth-order valence-corrected chi connectivity index (χ4v) is 2.62. The molecule has 0 fully saturated rings. The van der Waals surface area contributed by atoms with Gasteiger partial charge >= 0.3 is 11.6 Å². The fourth-order valence-electron chi connectivity index (χ4n) is 2.62. The number of nitrogens with zero attached hydrogens (tertiary/aromatic N) is 6. The number of rotatable bonds is 8. The molecule has 1 heterocycles. The monoisotopic (exact) mass is 366 g/mol. The average Bonchev–Trinajstić information content (AvgIpc) is 2.60. The molecule has 138 valence electrons. The molecular weight excluding hydrogens is 348 g/mol. The Balaban J connectivity index is 2.47. The molecule has 0 aliphatic heterocycles. The third-order valence-electron chi connectivity index (χ3n) is 3.65. The predicted octanol–water partition coefficient (Wildman–Crippen LogP) is 3.43. The summed E-state index contributed by atoms with van der Waals surface area (Å²) in [6.07, 6.45) is 1.45. The van der Waals surface area contributed by atoms with Crippen LogP contribution in [-0.2, 0) is 0 Å². The van der Waals surface area contributed by atoms with Crippen molar-refractivity contribution in [3.05, 3.63) is 45.8 Å². The van der Waals surface area contributed by atoms with Crippen LogP contribution in [0.15, 0.2) is 24.5 Å². The van der Waals surface area contributed by atoms with Gasteiger partial charge in [-0.25, -0.2) is 4.98 Å². The van der Waals surface area contributed by atoms with Gasteiger partial charge in [0.2, 0.25) is 5.82 Å². The average molecular weight is 366 g/mol. The summed E-state index contributed by atoms with van der Waals surface area (Å²) >= 11 is 0. The second-order valence-electron chi connectivity index (χ2n) is 5.84. The minimum atomic E-state index is -0.612. The van der Waals surface area contributed by atoms with E-state index in [2.05, 4.69) is 9.97 Å². The fraction of sp³-hybridized carbons (Fsp3) is 0.333. The number of aromatic nitrogens is 2. The van der Waals surface area contributed by atoms with Crippen molar-refractivity contribution in [1.82, 2.24) is 9.97 Å². The van der Waals surface area contributed by atoms with E-state index in [4.69, 9.17) is 15.3 Å². The summed E-state index contributed by atoms with van der Waals surface area (Å²) < 4.78 is 5.68. The van der Waals surface area contributed by atoms with Gasteiger partial charge < -0.3 is 9.64 Å². The molecule has 0 saturated heterocycles. The summed E-state index contributed by atoms with van der Waals surface area (Å²) in [5.74, 6) is 0.273. The molecule has 0 atom stereocenters. The normalized spacial score (nSPS) is 9.93. The molecule has 1 aromatic heterocycles. The van der Waals surface area contributed by atoms with Crippen LogP contribution in [0.1, 0.15) is 24.0 Å². The van der Waals surface area contributed by atoms with E-state index in [1.54, 1.807) is 12.1 Å². The van der Waals surface area contributed by atoms with Gasteiger partial charge in [-0.3, -0.25) is 10.1 Å². The maximum absolute atomic E-state index is 11.7. The second-order valence-corrected chi connectivity index (χ2v) is 5.84. The van der Waals surface area contributed by atoms with E-state index in [1.807, 2.05) is 32.1 Å². The zero-order chi connectivity index (χ0) is 19.8. The molecule has 0 spiro atoms. The molecule has 0 radical (unpaired) electrons. The van der Waals surface area contributed by atoms with Crippen LogP contribution in [0.3, 0.4) is 0 Å². The number of nitriles is 2. The maximum Gasteiger partial charge on any atom is 0.373 e. The summed E-state index contributed by atoms with van der Waals surface area (Å²) in [5, 5.41) is 29.4. The summed E-state index contributed by atoms with van der Waals surface area (Å²) in [5.41, 5.74) is 1.51. The van der Waals surface area contributed by atoms with Crippen molar-refractivity contribution in [2.45, 2.75) is 26.7 Å². The molecule has 2 rings (SSSR count). The van der Waals surface area contributed by atoms with Crippen molar-refractivity contribution >= 4 is 11.5 Å². The van der Waals surface area contributed by atoms with Crippen molar-refractivity contribution in [3.8, 4) is 23.8 Å². The van der Waals surface area contributed by atoms with Crippen LogP contribution in [0.25, 0.3) is 0 Å². The van der Waals surface area contributed by atoms with Crippen LogP contribution in [0, 0.1) is 46.6 Å².